The first-order chi connectivity index (χ1) is 25.5. The highest BCUT2D eigenvalue weighted by Gasteiger charge is 2.39. The van der Waals surface area contributed by atoms with Crippen molar-refractivity contribution in [2.24, 2.45) is 11.8 Å². The molecule has 0 bridgehead atoms. The molecule has 0 spiro atoms. The molecule has 1 rings (SSSR count). The summed E-state index contributed by atoms with van der Waals surface area (Å²) in [6, 6.07) is 0. The Hall–Kier alpha value is -1.85. The number of phosphoric ester groups is 1. The zero-order valence-electron chi connectivity index (χ0n) is 32.7. The molecule has 0 radical (unpaired) electrons. The van der Waals surface area contributed by atoms with E-state index in [1.165, 1.54) is 51.4 Å². The first-order valence-electron chi connectivity index (χ1n) is 20.5. The number of hydrogen-bond donors (Lipinski definition) is 5. The van der Waals surface area contributed by atoms with E-state index in [4.69, 9.17) is 19.3 Å². The molecule has 0 saturated heterocycles. The van der Waals surface area contributed by atoms with Crippen LogP contribution in [0.5, 0.6) is 0 Å². The third kappa shape index (κ3) is 27.4. The SMILES string of the molecule is CCCCCC/C=C\CCCCCCCCCC(=O)OC[C@H](COP(=O)(O)O)OC(=O)CCC/C=C/C[C@@H]1[C@@H](/C=C/[C@@H](O)CCCCC)[C@H](O)C[C@@H]1O. The highest BCUT2D eigenvalue weighted by molar-refractivity contribution is 7.46. The fourth-order valence-electron chi connectivity index (χ4n) is 6.54. The maximum atomic E-state index is 12.5. The highest BCUT2D eigenvalue weighted by Crippen LogP contribution is 2.37. The Bertz CT molecular complexity index is 1070. The van der Waals surface area contributed by atoms with Gasteiger partial charge in [0, 0.05) is 25.2 Å². The van der Waals surface area contributed by atoms with Gasteiger partial charge in [-0.25, -0.2) is 4.57 Å². The number of ether oxygens (including phenoxy) is 2. The molecule has 0 aromatic carbocycles. The van der Waals surface area contributed by atoms with Gasteiger partial charge < -0.3 is 34.6 Å². The van der Waals surface area contributed by atoms with Crippen LogP contribution in [0.25, 0.3) is 0 Å². The molecule has 0 amide bonds. The largest absolute Gasteiger partial charge is 0.469 e. The van der Waals surface area contributed by atoms with Crippen molar-refractivity contribution in [1.29, 1.82) is 0 Å². The molecule has 0 heterocycles. The van der Waals surface area contributed by atoms with Crippen LogP contribution in [0, 0.1) is 11.8 Å². The average molecular weight is 773 g/mol. The van der Waals surface area contributed by atoms with Gasteiger partial charge in [0.1, 0.15) is 6.61 Å². The lowest BCUT2D eigenvalue weighted by Crippen LogP contribution is -2.29. The van der Waals surface area contributed by atoms with E-state index in [2.05, 4.69) is 30.5 Å². The molecular formula is C41H73O11P. The second-order valence-corrected chi connectivity index (χ2v) is 15.8. The minimum absolute atomic E-state index is 0.0343. The number of esters is 2. The van der Waals surface area contributed by atoms with Gasteiger partial charge in [0.05, 0.1) is 24.9 Å². The molecule has 53 heavy (non-hydrogen) atoms. The Labute approximate surface area is 319 Å². The monoisotopic (exact) mass is 772 g/mol. The quantitative estimate of drug-likeness (QED) is 0.0187. The average Bonchev–Trinajstić information content (AvgIpc) is 3.38. The van der Waals surface area contributed by atoms with Crippen molar-refractivity contribution in [1.82, 2.24) is 0 Å². The van der Waals surface area contributed by atoms with Crippen molar-refractivity contribution in [2.75, 3.05) is 13.2 Å². The highest BCUT2D eigenvalue weighted by atomic mass is 31.2. The zero-order chi connectivity index (χ0) is 39.2. The summed E-state index contributed by atoms with van der Waals surface area (Å²) in [5.74, 6) is -1.51. The van der Waals surface area contributed by atoms with Crippen LogP contribution in [0.2, 0.25) is 0 Å². The fraction of sp³-hybridized carbons (Fsp3) is 0.805. The number of allylic oxidation sites excluding steroid dienone is 4. The zero-order valence-corrected chi connectivity index (χ0v) is 33.6. The Morgan fingerprint density at radius 3 is 1.94 bits per heavy atom. The minimum Gasteiger partial charge on any atom is -0.462 e. The third-order valence-electron chi connectivity index (χ3n) is 9.70. The number of rotatable bonds is 33. The lowest BCUT2D eigenvalue weighted by atomic mass is 9.89. The number of aliphatic hydroxyl groups excluding tert-OH is 3. The predicted molar refractivity (Wildman–Crippen MR) is 209 cm³/mol. The van der Waals surface area contributed by atoms with Gasteiger partial charge >= 0.3 is 19.8 Å². The standard InChI is InChI=1S/C41H73O11P/c1-3-5-7-8-9-10-11-12-13-14-15-16-17-18-23-27-40(45)50-32-35(33-51-53(47,48)49)52-41(46)28-24-20-19-22-26-36-37(39(44)31-38(36)43)30-29-34(42)25-21-6-4-2/h10-11,19,22,29-30,34-39,42-44H,3-9,12-18,20-21,23-28,31-33H2,1-2H3,(H2,47,48,49)/b11-10-,22-19+,30-29+/t34-,35+,36+,37+,38-,39+/m0/s1. The van der Waals surface area contributed by atoms with Gasteiger partial charge in [-0.1, -0.05) is 121 Å². The molecule has 6 atom stereocenters. The Kier molecular flexibility index (Phi) is 29.1. The van der Waals surface area contributed by atoms with Crippen molar-refractivity contribution in [2.45, 2.75) is 186 Å². The Morgan fingerprint density at radius 2 is 1.28 bits per heavy atom. The summed E-state index contributed by atoms with van der Waals surface area (Å²) in [5.41, 5.74) is 0. The van der Waals surface area contributed by atoms with Crippen molar-refractivity contribution >= 4 is 19.8 Å². The minimum atomic E-state index is -4.82. The maximum absolute atomic E-state index is 12.5. The van der Waals surface area contributed by atoms with E-state index < -0.39 is 50.8 Å². The number of carbonyl (C=O) groups is 2. The number of hydrogen-bond acceptors (Lipinski definition) is 9. The van der Waals surface area contributed by atoms with Crippen LogP contribution < -0.4 is 0 Å². The molecule has 0 aromatic rings. The first-order valence-corrected chi connectivity index (χ1v) is 22.1. The molecule has 11 nitrogen and oxygen atoms in total. The van der Waals surface area contributed by atoms with Gasteiger partial charge in [-0.2, -0.15) is 0 Å². The summed E-state index contributed by atoms with van der Waals surface area (Å²) in [6.45, 7) is 3.36. The number of unbranched alkanes of at least 4 members (excludes halogenated alkanes) is 14. The van der Waals surface area contributed by atoms with E-state index in [-0.39, 0.29) is 37.7 Å². The van der Waals surface area contributed by atoms with Crippen molar-refractivity contribution in [3.05, 3.63) is 36.5 Å². The van der Waals surface area contributed by atoms with Crippen LogP contribution in [0.3, 0.4) is 0 Å². The number of aliphatic hydroxyl groups is 3. The van der Waals surface area contributed by atoms with Crippen LogP contribution in [0.1, 0.15) is 162 Å². The predicted octanol–water partition coefficient (Wildman–Crippen LogP) is 8.56. The molecule has 1 aliphatic rings. The fourth-order valence-corrected chi connectivity index (χ4v) is 6.90. The van der Waals surface area contributed by atoms with Gasteiger partial charge in [0.25, 0.3) is 0 Å². The Morgan fingerprint density at radius 1 is 0.717 bits per heavy atom. The molecule has 12 heteroatoms. The van der Waals surface area contributed by atoms with Crippen molar-refractivity contribution < 1.29 is 53.3 Å². The van der Waals surface area contributed by atoms with Crippen LogP contribution >= 0.6 is 7.82 Å². The van der Waals surface area contributed by atoms with E-state index in [1.807, 2.05) is 18.2 Å². The molecule has 1 saturated carbocycles. The molecule has 1 aliphatic carbocycles. The molecule has 1 fully saturated rings. The summed E-state index contributed by atoms with van der Waals surface area (Å²) >= 11 is 0. The van der Waals surface area contributed by atoms with Gasteiger partial charge in [-0.15, -0.1) is 0 Å². The van der Waals surface area contributed by atoms with E-state index >= 15 is 0 Å². The third-order valence-corrected chi connectivity index (χ3v) is 10.2. The summed E-state index contributed by atoms with van der Waals surface area (Å²) in [5, 5.41) is 31.2. The number of carbonyl (C=O) groups excluding carboxylic acids is 2. The summed E-state index contributed by atoms with van der Waals surface area (Å²) in [7, 11) is -4.82. The summed E-state index contributed by atoms with van der Waals surface area (Å²) in [4.78, 5) is 43.0. The molecule has 0 unspecified atom stereocenters. The smallest absolute Gasteiger partial charge is 0.462 e. The van der Waals surface area contributed by atoms with Crippen LogP contribution in [-0.2, 0) is 28.2 Å². The molecular weight excluding hydrogens is 699 g/mol. The topological polar surface area (TPSA) is 180 Å². The van der Waals surface area contributed by atoms with Gasteiger partial charge in [-0.05, 0) is 63.7 Å². The summed E-state index contributed by atoms with van der Waals surface area (Å²) in [6.07, 6.45) is 29.6. The van der Waals surface area contributed by atoms with Crippen molar-refractivity contribution in [3.63, 3.8) is 0 Å². The maximum Gasteiger partial charge on any atom is 0.469 e. The second kappa shape index (κ2) is 31.4. The Balaban J connectivity index is 2.32. The summed E-state index contributed by atoms with van der Waals surface area (Å²) < 4.78 is 26.3. The van der Waals surface area contributed by atoms with E-state index in [0.29, 0.717) is 32.1 Å². The second-order valence-electron chi connectivity index (χ2n) is 14.6. The van der Waals surface area contributed by atoms with Gasteiger partial charge in [0.2, 0.25) is 0 Å². The molecule has 0 aromatic heterocycles. The lowest BCUT2D eigenvalue weighted by Gasteiger charge is -2.19. The van der Waals surface area contributed by atoms with Crippen LogP contribution in [0.15, 0.2) is 36.5 Å². The molecule has 5 N–H and O–H groups in total. The number of phosphoric acid groups is 1. The van der Waals surface area contributed by atoms with Crippen LogP contribution in [-0.4, -0.2) is 74.7 Å². The van der Waals surface area contributed by atoms with E-state index in [9.17, 15) is 29.5 Å². The van der Waals surface area contributed by atoms with Gasteiger partial charge in [-0.3, -0.25) is 14.1 Å². The first kappa shape index (κ1) is 49.2. The molecule has 0 aliphatic heterocycles. The normalized spacial score (nSPS) is 20.5. The van der Waals surface area contributed by atoms with E-state index in [1.54, 1.807) is 6.08 Å². The van der Waals surface area contributed by atoms with E-state index in [0.717, 1.165) is 44.9 Å². The molecule has 308 valence electrons. The van der Waals surface area contributed by atoms with Crippen LogP contribution in [0.4, 0.5) is 0 Å². The van der Waals surface area contributed by atoms with Crippen molar-refractivity contribution in [3.8, 4) is 0 Å². The lowest BCUT2D eigenvalue weighted by molar-refractivity contribution is -0.161. The van der Waals surface area contributed by atoms with Gasteiger partial charge in [0.15, 0.2) is 6.10 Å².